The monoisotopic (exact) mass is 444 g/mol. The number of methoxy groups -OCH3 is 1. The van der Waals surface area contributed by atoms with Crippen molar-refractivity contribution >= 4 is 17.9 Å². The first-order valence-corrected chi connectivity index (χ1v) is 10.5. The zero-order valence-electron chi connectivity index (χ0n) is 18.3. The lowest BCUT2D eigenvalue weighted by Crippen LogP contribution is -2.31. The van der Waals surface area contributed by atoms with Gasteiger partial charge in [0.2, 0.25) is 5.88 Å². The maximum absolute atomic E-state index is 13.8. The van der Waals surface area contributed by atoms with Gasteiger partial charge < -0.3 is 25.8 Å². The number of allylic oxidation sites excluding steroid dienone is 1. The van der Waals surface area contributed by atoms with Crippen molar-refractivity contribution in [3.8, 4) is 5.88 Å². The molecule has 3 rings (SSSR count). The van der Waals surface area contributed by atoms with Gasteiger partial charge in [-0.3, -0.25) is 4.79 Å². The largest absolute Gasteiger partial charge is 0.481 e. The third-order valence-corrected chi connectivity index (χ3v) is 5.48. The Labute approximate surface area is 186 Å². The Hall–Kier alpha value is -3.40. The van der Waals surface area contributed by atoms with Gasteiger partial charge in [-0.05, 0) is 31.4 Å². The molecule has 0 aliphatic carbocycles. The van der Waals surface area contributed by atoms with Crippen molar-refractivity contribution in [1.82, 2.24) is 25.0 Å². The van der Waals surface area contributed by atoms with Crippen molar-refractivity contribution in [2.75, 3.05) is 25.9 Å². The second kappa shape index (κ2) is 10.3. The molecule has 0 bridgehead atoms. The number of rotatable bonds is 9. The number of amides is 1. The fourth-order valence-electron chi connectivity index (χ4n) is 3.65. The van der Waals surface area contributed by atoms with E-state index in [1.165, 1.54) is 24.1 Å². The molecule has 2 atom stereocenters. The molecule has 10 heteroatoms. The fraction of sp³-hybridized carbons (Fsp3) is 0.409. The van der Waals surface area contributed by atoms with E-state index in [0.717, 1.165) is 25.6 Å². The molecule has 9 nitrogen and oxygen atoms in total. The van der Waals surface area contributed by atoms with Gasteiger partial charge in [-0.25, -0.2) is 14.1 Å². The number of likely N-dealkylation sites (tertiary alicyclic amines) is 1. The molecule has 2 aromatic rings. The quantitative estimate of drug-likeness (QED) is 0.508. The predicted molar refractivity (Wildman–Crippen MR) is 119 cm³/mol. The third kappa shape index (κ3) is 5.08. The van der Waals surface area contributed by atoms with E-state index in [4.69, 9.17) is 10.5 Å². The summed E-state index contributed by atoms with van der Waals surface area (Å²) in [7, 11) is 1.51. The van der Waals surface area contributed by atoms with Crippen molar-refractivity contribution in [3.05, 3.63) is 53.8 Å². The molecule has 1 aliphatic heterocycles. The molecule has 1 fully saturated rings. The van der Waals surface area contributed by atoms with Crippen LogP contribution in [0.2, 0.25) is 0 Å². The summed E-state index contributed by atoms with van der Waals surface area (Å²) < 4.78 is 20.5. The molecule has 1 aliphatic rings. The number of halogens is 1. The number of hydrogen-bond donors (Lipinski definition) is 3. The number of aliphatic hydroxyl groups excluding tert-OH is 1. The number of carbonyl (C=O) groups is 1. The Kier molecular flexibility index (Phi) is 7.47. The standard InChI is InChI=1S/C22H29FN6O3/c1-4-16(30)12-25-21(31)18-13-27-29(20(18)24)9-7-14(2)28-8-5-6-19(28)17-10-15(23)11-26-22(17)32-3/h7,9-11,13,16,19,30H,2,4-6,8,12,24H2,1,3H3,(H,25,31)/b9-7-/t16?,19-/m1/s1. The Morgan fingerprint density at radius 2 is 2.31 bits per heavy atom. The van der Waals surface area contributed by atoms with Crippen molar-refractivity contribution in [3.63, 3.8) is 0 Å². The lowest BCUT2D eigenvalue weighted by Gasteiger charge is -2.28. The Balaban J connectivity index is 1.72. The first-order valence-electron chi connectivity index (χ1n) is 10.5. The summed E-state index contributed by atoms with van der Waals surface area (Å²) in [4.78, 5) is 18.4. The molecule has 4 N–H and O–H groups in total. The van der Waals surface area contributed by atoms with Crippen LogP contribution < -0.4 is 15.8 Å². The van der Waals surface area contributed by atoms with Gasteiger partial charge in [0.15, 0.2) is 0 Å². The zero-order valence-corrected chi connectivity index (χ0v) is 18.3. The van der Waals surface area contributed by atoms with Crippen molar-refractivity contribution in [2.24, 2.45) is 0 Å². The summed E-state index contributed by atoms with van der Waals surface area (Å²) in [5.74, 6) is -0.263. The van der Waals surface area contributed by atoms with Crippen LogP contribution in [0, 0.1) is 5.82 Å². The van der Waals surface area contributed by atoms with E-state index in [1.807, 2.05) is 6.92 Å². The lowest BCUT2D eigenvalue weighted by atomic mass is 10.1. The maximum Gasteiger partial charge on any atom is 0.256 e. The number of ether oxygens (including phenoxy) is 1. The maximum atomic E-state index is 13.8. The molecule has 0 saturated carbocycles. The lowest BCUT2D eigenvalue weighted by molar-refractivity contribution is 0.0914. The summed E-state index contributed by atoms with van der Waals surface area (Å²) in [5, 5.41) is 16.4. The summed E-state index contributed by atoms with van der Waals surface area (Å²) in [6.07, 6.45) is 7.51. The fourth-order valence-corrected chi connectivity index (χ4v) is 3.65. The van der Waals surface area contributed by atoms with Crippen LogP contribution in [-0.4, -0.2) is 57.0 Å². The smallest absolute Gasteiger partial charge is 0.256 e. The van der Waals surface area contributed by atoms with Crippen LogP contribution >= 0.6 is 0 Å². The van der Waals surface area contributed by atoms with Gasteiger partial charge in [0.1, 0.15) is 17.2 Å². The molecule has 3 heterocycles. The Morgan fingerprint density at radius 1 is 1.53 bits per heavy atom. The number of nitrogens with two attached hydrogens (primary N) is 1. The first-order chi connectivity index (χ1) is 15.3. The van der Waals surface area contributed by atoms with Crippen LogP contribution in [0.1, 0.15) is 48.1 Å². The molecular formula is C22H29FN6O3. The van der Waals surface area contributed by atoms with E-state index in [9.17, 15) is 14.3 Å². The van der Waals surface area contributed by atoms with Crippen molar-refractivity contribution in [1.29, 1.82) is 0 Å². The molecule has 1 saturated heterocycles. The van der Waals surface area contributed by atoms with E-state index in [0.29, 0.717) is 23.6 Å². The van der Waals surface area contributed by atoms with E-state index in [-0.39, 0.29) is 24.0 Å². The van der Waals surface area contributed by atoms with Gasteiger partial charge in [-0.15, -0.1) is 0 Å². The number of nitrogen functional groups attached to an aromatic ring is 1. The molecule has 1 unspecified atom stereocenters. The van der Waals surface area contributed by atoms with E-state index in [2.05, 4.69) is 26.9 Å². The second-order valence-corrected chi connectivity index (χ2v) is 7.57. The van der Waals surface area contributed by atoms with Crippen molar-refractivity contribution in [2.45, 2.75) is 38.3 Å². The average molecular weight is 445 g/mol. The average Bonchev–Trinajstić information content (AvgIpc) is 3.42. The van der Waals surface area contributed by atoms with Crippen LogP contribution in [0.3, 0.4) is 0 Å². The summed E-state index contributed by atoms with van der Waals surface area (Å²) in [5.41, 5.74) is 7.65. The number of aromatic nitrogens is 3. The third-order valence-electron chi connectivity index (χ3n) is 5.48. The number of nitrogens with one attached hydrogen (secondary N) is 1. The molecular weight excluding hydrogens is 415 g/mol. The summed E-state index contributed by atoms with van der Waals surface area (Å²) >= 11 is 0. The molecule has 0 radical (unpaired) electrons. The number of aliphatic hydroxyl groups is 1. The minimum absolute atomic E-state index is 0.119. The number of nitrogens with zero attached hydrogens (tertiary/aromatic N) is 4. The highest BCUT2D eigenvalue weighted by Crippen LogP contribution is 2.38. The number of anilines is 1. The van der Waals surface area contributed by atoms with Gasteiger partial charge in [-0.1, -0.05) is 13.5 Å². The molecule has 2 aromatic heterocycles. The van der Waals surface area contributed by atoms with Crippen LogP contribution in [0.5, 0.6) is 5.88 Å². The highest BCUT2D eigenvalue weighted by Gasteiger charge is 2.29. The zero-order chi connectivity index (χ0) is 23.3. The molecule has 172 valence electrons. The van der Waals surface area contributed by atoms with E-state index < -0.39 is 17.8 Å². The highest BCUT2D eigenvalue weighted by molar-refractivity contribution is 5.98. The first kappa shape index (κ1) is 23.3. The molecule has 32 heavy (non-hydrogen) atoms. The number of carbonyl (C=O) groups excluding carboxylic acids is 1. The Bertz CT molecular complexity index is 1010. The SMILES string of the molecule is C=C(/C=C\n1ncc(C(=O)NCC(O)CC)c1N)N1CCC[C@@H]1c1cc(F)cnc1OC. The molecule has 0 aromatic carbocycles. The van der Waals surface area contributed by atoms with Crippen LogP contribution in [0.25, 0.3) is 6.20 Å². The van der Waals surface area contributed by atoms with Gasteiger partial charge in [-0.2, -0.15) is 5.10 Å². The van der Waals surface area contributed by atoms with Gasteiger partial charge in [0.05, 0.1) is 31.6 Å². The predicted octanol–water partition coefficient (Wildman–Crippen LogP) is 2.33. The second-order valence-electron chi connectivity index (χ2n) is 7.57. The van der Waals surface area contributed by atoms with Gasteiger partial charge >= 0.3 is 0 Å². The minimum Gasteiger partial charge on any atom is -0.481 e. The van der Waals surface area contributed by atoms with Gasteiger partial charge in [0.25, 0.3) is 5.91 Å². The van der Waals surface area contributed by atoms with Crippen molar-refractivity contribution < 1.29 is 19.0 Å². The summed E-state index contributed by atoms with van der Waals surface area (Å²) in [6.45, 7) is 6.84. The van der Waals surface area contributed by atoms with Crippen LogP contribution in [0.4, 0.5) is 10.2 Å². The number of hydrogen-bond acceptors (Lipinski definition) is 7. The normalized spacial score (nSPS) is 17.0. The summed E-state index contributed by atoms with van der Waals surface area (Å²) in [6, 6.07) is 1.32. The molecule has 0 spiro atoms. The Morgan fingerprint density at radius 3 is 3.03 bits per heavy atom. The minimum atomic E-state index is -0.612. The van der Waals surface area contributed by atoms with E-state index in [1.54, 1.807) is 12.3 Å². The molecule has 1 amide bonds. The van der Waals surface area contributed by atoms with Crippen LogP contribution in [-0.2, 0) is 0 Å². The highest BCUT2D eigenvalue weighted by atomic mass is 19.1. The topological polar surface area (TPSA) is 119 Å². The van der Waals surface area contributed by atoms with Gasteiger partial charge in [0, 0.05) is 30.5 Å². The number of pyridine rings is 1. The van der Waals surface area contributed by atoms with E-state index >= 15 is 0 Å². The van der Waals surface area contributed by atoms with Crippen LogP contribution in [0.15, 0.2) is 36.8 Å².